The monoisotopic (exact) mass is 899 g/mol. The Bertz CT molecular complexity index is 2650. The van der Waals surface area contributed by atoms with Crippen LogP contribution in [0.15, 0.2) is 79.3 Å². The van der Waals surface area contributed by atoms with Crippen molar-refractivity contribution in [3.63, 3.8) is 0 Å². The third-order valence-electron chi connectivity index (χ3n) is 12.9. The first-order valence-corrected chi connectivity index (χ1v) is 23.3. The number of hydrogen-bond acceptors (Lipinski definition) is 9. The number of carbonyl (C=O) groups excluding carboxylic acids is 2. The molecule has 0 unspecified atom stereocenters. The van der Waals surface area contributed by atoms with E-state index >= 15 is 17.6 Å². The Morgan fingerprint density at radius 3 is 2.22 bits per heavy atom. The summed E-state index contributed by atoms with van der Waals surface area (Å²) in [5.74, 6) is -3.58. The highest BCUT2D eigenvalue weighted by Crippen LogP contribution is 2.38. The van der Waals surface area contributed by atoms with Gasteiger partial charge < -0.3 is 14.7 Å². The fourth-order valence-corrected chi connectivity index (χ4v) is 10.7. The zero-order valence-corrected chi connectivity index (χ0v) is 36.0. The SMILES string of the molecule is O=C1CC[C@H](c2ccc(N3CCC(CN4CCCN(c5ccc(-n6cc(-c7cc(F)cc(NS(=O)(=O)N8CCCC8)c7F)c(-c7ccncc7)n6)c(F)c5)CC4)CC3)c(F)c2)C(=O)N1. The number of hydrogen-bond donors (Lipinski definition) is 2. The second-order valence-corrected chi connectivity index (χ2v) is 18.7. The predicted molar refractivity (Wildman–Crippen MR) is 235 cm³/mol. The van der Waals surface area contributed by atoms with E-state index in [1.165, 1.54) is 39.7 Å². The number of halogens is 4. The van der Waals surface area contributed by atoms with Gasteiger partial charge in [-0.2, -0.15) is 17.8 Å². The number of pyridine rings is 1. The molecule has 13 nitrogen and oxygen atoms in total. The molecule has 4 aliphatic rings. The number of benzene rings is 3. The molecule has 4 fully saturated rings. The number of aromatic nitrogens is 3. The molecular weight excluding hydrogens is 851 g/mol. The van der Waals surface area contributed by atoms with Gasteiger partial charge in [0.05, 0.1) is 17.3 Å². The fraction of sp³-hybridized carbons (Fsp3) is 0.391. The molecule has 2 aromatic heterocycles. The van der Waals surface area contributed by atoms with Gasteiger partial charge in [0, 0.05) is 106 Å². The molecule has 9 rings (SSSR count). The van der Waals surface area contributed by atoms with Crippen LogP contribution >= 0.6 is 0 Å². The number of anilines is 3. The Morgan fingerprint density at radius 2 is 1.48 bits per heavy atom. The molecule has 3 aromatic carbocycles. The van der Waals surface area contributed by atoms with Gasteiger partial charge in [0.25, 0.3) is 0 Å². The van der Waals surface area contributed by atoms with Crippen molar-refractivity contribution in [3.05, 3.63) is 108 Å². The van der Waals surface area contributed by atoms with Crippen LogP contribution in [0, 0.1) is 29.2 Å². The van der Waals surface area contributed by atoms with E-state index in [0.717, 1.165) is 57.6 Å². The molecule has 0 spiro atoms. The maximum Gasteiger partial charge on any atom is 0.301 e. The number of imide groups is 1. The van der Waals surface area contributed by atoms with Crippen molar-refractivity contribution in [1.29, 1.82) is 0 Å². The van der Waals surface area contributed by atoms with Crippen molar-refractivity contribution in [2.75, 3.05) is 73.4 Å². The van der Waals surface area contributed by atoms with Crippen LogP contribution in [0.5, 0.6) is 0 Å². The number of carbonyl (C=O) groups is 2. The average molecular weight is 900 g/mol. The van der Waals surface area contributed by atoms with Crippen LogP contribution in [0.3, 0.4) is 0 Å². The van der Waals surface area contributed by atoms with Crippen molar-refractivity contribution < 1.29 is 35.6 Å². The third kappa shape index (κ3) is 9.21. The first-order valence-electron chi connectivity index (χ1n) is 21.8. The van der Waals surface area contributed by atoms with Gasteiger partial charge in [-0.25, -0.2) is 22.2 Å². The number of nitrogens with one attached hydrogen (secondary N) is 2. The van der Waals surface area contributed by atoms with Crippen molar-refractivity contribution in [2.45, 2.75) is 50.9 Å². The molecule has 0 radical (unpaired) electrons. The molecule has 336 valence electrons. The first-order chi connectivity index (χ1) is 30.9. The van der Waals surface area contributed by atoms with Crippen molar-refractivity contribution in [3.8, 4) is 28.1 Å². The van der Waals surface area contributed by atoms with E-state index in [4.69, 9.17) is 0 Å². The minimum atomic E-state index is -4.14. The van der Waals surface area contributed by atoms with E-state index in [-0.39, 0.29) is 59.7 Å². The summed E-state index contributed by atoms with van der Waals surface area (Å²) in [7, 11) is -4.14. The molecule has 0 aliphatic carbocycles. The summed E-state index contributed by atoms with van der Waals surface area (Å²) in [6.07, 6.45) is 9.10. The van der Waals surface area contributed by atoms with E-state index in [0.29, 0.717) is 67.3 Å². The van der Waals surface area contributed by atoms with E-state index in [1.807, 2.05) is 6.07 Å². The number of piperidine rings is 2. The maximum atomic E-state index is 16.3. The molecule has 64 heavy (non-hydrogen) atoms. The largest absolute Gasteiger partial charge is 0.370 e. The van der Waals surface area contributed by atoms with Crippen LogP contribution in [0.4, 0.5) is 34.6 Å². The second kappa shape index (κ2) is 18.3. The summed E-state index contributed by atoms with van der Waals surface area (Å²) < 4.78 is 93.8. The lowest BCUT2D eigenvalue weighted by Gasteiger charge is -2.36. The molecule has 4 aliphatic heterocycles. The van der Waals surface area contributed by atoms with Gasteiger partial charge in [0.1, 0.15) is 23.0 Å². The summed E-state index contributed by atoms with van der Waals surface area (Å²) in [5.41, 5.74) is 1.95. The number of amides is 2. The zero-order valence-electron chi connectivity index (χ0n) is 35.2. The molecule has 18 heteroatoms. The molecule has 0 bridgehead atoms. The molecule has 2 amide bonds. The Labute approximate surface area is 369 Å². The van der Waals surface area contributed by atoms with Crippen LogP contribution in [-0.4, -0.2) is 103 Å². The third-order valence-corrected chi connectivity index (χ3v) is 14.4. The van der Waals surface area contributed by atoms with E-state index in [1.54, 1.807) is 30.3 Å². The smallest absolute Gasteiger partial charge is 0.301 e. The summed E-state index contributed by atoms with van der Waals surface area (Å²) in [5, 5.41) is 6.99. The lowest BCUT2D eigenvalue weighted by Crippen LogP contribution is -2.40. The zero-order chi connectivity index (χ0) is 44.5. The van der Waals surface area contributed by atoms with E-state index in [9.17, 15) is 18.0 Å². The first kappa shape index (κ1) is 43.4. The minimum Gasteiger partial charge on any atom is -0.370 e. The highest BCUT2D eigenvalue weighted by Gasteiger charge is 2.31. The molecule has 1 atom stereocenters. The molecule has 6 heterocycles. The summed E-state index contributed by atoms with van der Waals surface area (Å²) in [6, 6.07) is 14.9. The van der Waals surface area contributed by atoms with Gasteiger partial charge in [-0.15, -0.1) is 0 Å². The van der Waals surface area contributed by atoms with Crippen molar-refractivity contribution in [1.82, 2.24) is 29.3 Å². The van der Waals surface area contributed by atoms with Gasteiger partial charge in [-0.05, 0) is 105 Å². The molecule has 5 aromatic rings. The Balaban J connectivity index is 0.856. The number of rotatable bonds is 11. The quantitative estimate of drug-likeness (QED) is 0.108. The summed E-state index contributed by atoms with van der Waals surface area (Å²) in [6.45, 7) is 5.97. The highest BCUT2D eigenvalue weighted by molar-refractivity contribution is 7.90. The second-order valence-electron chi connectivity index (χ2n) is 17.0. The minimum absolute atomic E-state index is 0.0880. The normalized spacial score (nSPS) is 19.5. The van der Waals surface area contributed by atoms with Gasteiger partial charge in [0.15, 0.2) is 11.6 Å². The number of nitrogens with zero attached hydrogens (tertiary/aromatic N) is 7. The maximum absolute atomic E-state index is 16.3. The fourth-order valence-electron chi connectivity index (χ4n) is 9.43. The van der Waals surface area contributed by atoms with Gasteiger partial charge in [-0.1, -0.05) is 6.07 Å². The Hall–Kier alpha value is -5.85. The standard InChI is InChI=1S/C46H49F4N9O4S/c47-33-25-36(44(50)40(26-33)54-64(62,63)58-18-1-2-19-58)37-29-59(53-45(37)31-10-14-51-15-11-31)42-8-5-34(27-39(42)49)56-17-3-16-55(22-23-56)28-30-12-20-57(21-13-30)41-7-4-32(24-38(41)48)35-6-9-43(60)52-46(35)61/h4-5,7-8,10-11,14-15,24-27,29-30,35,54H,1-3,6,9,12-13,16-23,28H2,(H,52,60,61)/t35-/m1/s1. The van der Waals surface area contributed by atoms with Crippen molar-refractivity contribution in [2.24, 2.45) is 5.92 Å². The van der Waals surface area contributed by atoms with Crippen LogP contribution in [0.1, 0.15) is 56.4 Å². The molecular formula is C46H49F4N9O4S. The summed E-state index contributed by atoms with van der Waals surface area (Å²) >= 11 is 0. The van der Waals surface area contributed by atoms with Gasteiger partial charge in [0.2, 0.25) is 11.8 Å². The highest BCUT2D eigenvalue weighted by atomic mass is 32.2. The average Bonchev–Trinajstić information content (AvgIpc) is 3.94. The molecule has 2 N–H and O–H groups in total. The molecule has 0 saturated carbocycles. The topological polar surface area (TPSA) is 136 Å². The Morgan fingerprint density at radius 1 is 0.734 bits per heavy atom. The lowest BCUT2D eigenvalue weighted by molar-refractivity contribution is -0.134. The van der Waals surface area contributed by atoms with Gasteiger partial charge >= 0.3 is 10.2 Å². The van der Waals surface area contributed by atoms with Crippen LogP contribution in [0.2, 0.25) is 0 Å². The van der Waals surface area contributed by atoms with Crippen LogP contribution < -0.4 is 19.8 Å². The lowest BCUT2D eigenvalue weighted by atomic mass is 9.90. The molecule has 4 saturated heterocycles. The van der Waals surface area contributed by atoms with Crippen molar-refractivity contribution >= 4 is 39.1 Å². The van der Waals surface area contributed by atoms with E-state index < -0.39 is 39.3 Å². The van der Waals surface area contributed by atoms with Crippen LogP contribution in [-0.2, 0) is 19.8 Å². The van der Waals surface area contributed by atoms with Crippen LogP contribution in [0.25, 0.3) is 28.1 Å². The predicted octanol–water partition coefficient (Wildman–Crippen LogP) is 6.86. The van der Waals surface area contributed by atoms with Gasteiger partial charge in [-0.3, -0.25) is 24.6 Å². The Kier molecular flexibility index (Phi) is 12.4. The summed E-state index contributed by atoms with van der Waals surface area (Å²) in [4.78, 5) is 34.6. The van der Waals surface area contributed by atoms with E-state index in [2.05, 4.69) is 34.8 Å².